The largest absolute Gasteiger partial charge is 0.494 e. The van der Waals surface area contributed by atoms with E-state index in [-0.39, 0.29) is 6.42 Å². The number of ether oxygens (including phenoxy) is 1. The maximum atomic E-state index is 12.0. The number of aliphatic carboxylic acids is 1. The number of hydrogen-bond donors (Lipinski definition) is 3. The Balaban J connectivity index is 1.54. The highest BCUT2D eigenvalue weighted by atomic mass is 32.3. The average molecular weight is 552 g/mol. The molecule has 1 aliphatic heterocycles. The molecule has 0 spiro atoms. The van der Waals surface area contributed by atoms with E-state index in [1.807, 2.05) is 67.4 Å². The normalized spacial score (nSPS) is 16.9. The number of carbonyl (C=O) groups is 1. The van der Waals surface area contributed by atoms with Crippen LogP contribution >= 0.6 is 10.8 Å². The van der Waals surface area contributed by atoms with Gasteiger partial charge in [0.2, 0.25) is 0 Å². The first-order valence-corrected chi connectivity index (χ1v) is 14.1. The topological polar surface area (TPSA) is 124 Å². The van der Waals surface area contributed by atoms with Gasteiger partial charge in [-0.05, 0) is 53.4 Å². The molecule has 3 N–H and O–H groups in total. The molecule has 206 valence electrons. The molecular formula is C28H33N5O5S. The van der Waals surface area contributed by atoms with Gasteiger partial charge in [-0.2, -0.15) is 4.31 Å². The molecule has 1 atom stereocenters. The van der Waals surface area contributed by atoms with Crippen molar-refractivity contribution in [3.8, 4) is 5.75 Å². The fraction of sp³-hybridized carbons (Fsp3) is 0.321. The van der Waals surface area contributed by atoms with E-state index < -0.39 is 22.7 Å². The van der Waals surface area contributed by atoms with Crippen molar-refractivity contribution < 1.29 is 23.7 Å². The number of aromatic nitrogens is 3. The van der Waals surface area contributed by atoms with Gasteiger partial charge in [0.25, 0.3) is 0 Å². The molecule has 11 heteroatoms. The van der Waals surface area contributed by atoms with Gasteiger partial charge in [0, 0.05) is 39.6 Å². The Morgan fingerprint density at radius 3 is 2.59 bits per heavy atom. The van der Waals surface area contributed by atoms with Gasteiger partial charge in [-0.1, -0.05) is 35.5 Å². The van der Waals surface area contributed by atoms with E-state index in [9.17, 15) is 19.0 Å². The van der Waals surface area contributed by atoms with Crippen molar-refractivity contribution in [2.24, 2.45) is 7.05 Å². The van der Waals surface area contributed by atoms with Gasteiger partial charge >= 0.3 is 5.97 Å². The van der Waals surface area contributed by atoms with Gasteiger partial charge in [-0.15, -0.1) is 15.9 Å². The summed E-state index contributed by atoms with van der Waals surface area (Å²) in [5, 5.41) is 18.1. The van der Waals surface area contributed by atoms with Crippen molar-refractivity contribution in [1.82, 2.24) is 19.3 Å². The molecule has 2 heterocycles. The fourth-order valence-corrected chi connectivity index (χ4v) is 6.92. The maximum absolute atomic E-state index is 12.0. The lowest BCUT2D eigenvalue weighted by molar-refractivity contribution is -0.137. The highest BCUT2D eigenvalue weighted by molar-refractivity contribution is 8.22. The van der Waals surface area contributed by atoms with Gasteiger partial charge in [0.15, 0.2) is 0 Å². The summed E-state index contributed by atoms with van der Waals surface area (Å²) >= 11 is 0. The number of rotatable bonds is 7. The summed E-state index contributed by atoms with van der Waals surface area (Å²) in [6.07, 6.45) is -0.130. The second-order valence-corrected chi connectivity index (χ2v) is 11.9. The summed E-state index contributed by atoms with van der Waals surface area (Å²) in [7, 11) is 2.05. The second kappa shape index (κ2) is 10.5. The number of carboxylic acids is 1. The minimum Gasteiger partial charge on any atom is -0.494 e. The van der Waals surface area contributed by atoms with Crippen LogP contribution in [0, 0.1) is 6.92 Å². The Bertz CT molecular complexity index is 1540. The summed E-state index contributed by atoms with van der Waals surface area (Å²) < 4.78 is 31.8. The summed E-state index contributed by atoms with van der Waals surface area (Å²) in [6.45, 7) is 3.36. The first-order valence-electron chi connectivity index (χ1n) is 12.6. The lowest BCUT2D eigenvalue weighted by Crippen LogP contribution is -2.31. The number of anilines is 1. The summed E-state index contributed by atoms with van der Waals surface area (Å²) in [5.41, 5.74) is 5.61. The Hall–Kier alpha value is -3.64. The molecular weight excluding hydrogens is 518 g/mol. The molecule has 1 unspecified atom stereocenters. The number of aryl methyl sites for hydroxylation is 2. The summed E-state index contributed by atoms with van der Waals surface area (Å²) in [4.78, 5) is 14.5. The van der Waals surface area contributed by atoms with E-state index in [0.29, 0.717) is 35.8 Å². The molecule has 0 radical (unpaired) electrons. The number of hydrogen-bond acceptors (Lipinski definition) is 8. The van der Waals surface area contributed by atoms with Crippen molar-refractivity contribution in [3.05, 3.63) is 76.9 Å². The van der Waals surface area contributed by atoms with Crippen LogP contribution in [0.1, 0.15) is 34.6 Å². The molecule has 4 aromatic rings. The molecule has 3 aromatic carbocycles. The van der Waals surface area contributed by atoms with Gasteiger partial charge in [-0.3, -0.25) is 13.9 Å². The zero-order chi connectivity index (χ0) is 27.9. The summed E-state index contributed by atoms with van der Waals surface area (Å²) in [6, 6.07) is 16.9. The van der Waals surface area contributed by atoms with Crippen molar-refractivity contribution in [3.63, 3.8) is 0 Å². The number of likely N-dealkylation sites (N-methyl/N-ethyl adjacent to an activating group) is 1. The molecule has 0 bridgehead atoms. The van der Waals surface area contributed by atoms with Crippen LogP contribution in [0.2, 0.25) is 0 Å². The smallest absolute Gasteiger partial charge is 0.304 e. The number of methoxy groups -OCH3 is 1. The van der Waals surface area contributed by atoms with Crippen LogP contribution in [0.15, 0.2) is 59.5 Å². The minimum absolute atomic E-state index is 0.130. The van der Waals surface area contributed by atoms with E-state index in [0.717, 1.165) is 33.5 Å². The van der Waals surface area contributed by atoms with Gasteiger partial charge in [-0.25, -0.2) is 4.68 Å². The van der Waals surface area contributed by atoms with E-state index in [1.54, 1.807) is 29.2 Å². The lowest BCUT2D eigenvalue weighted by Gasteiger charge is -2.42. The molecule has 0 fully saturated rings. The third-order valence-corrected chi connectivity index (χ3v) is 9.39. The van der Waals surface area contributed by atoms with E-state index in [4.69, 9.17) is 4.74 Å². The second-order valence-electron chi connectivity index (χ2n) is 9.91. The highest BCUT2D eigenvalue weighted by Crippen LogP contribution is 2.56. The molecule has 5 rings (SSSR count). The number of nitrogens with zero attached hydrogens (tertiary/aromatic N) is 5. The van der Waals surface area contributed by atoms with Crippen LogP contribution in [0.4, 0.5) is 5.69 Å². The minimum atomic E-state index is -3.24. The molecule has 10 nitrogen and oxygen atoms in total. The van der Waals surface area contributed by atoms with Crippen LogP contribution in [-0.4, -0.2) is 66.7 Å². The van der Waals surface area contributed by atoms with E-state index in [1.165, 1.54) is 0 Å². The molecule has 1 aromatic heterocycles. The predicted octanol–water partition coefficient (Wildman–Crippen LogP) is 4.87. The standard InChI is InChI=1S/C28H33N5O5S/c1-18-9-10-19(22(16-27(34)35)20-14-23-28(25(15-20)38-4)32(3)30-29-23)13-21(18)17-33-12-11-31(2)24-7-5-6-8-26(24)39(33,36)37/h5-10,13-15,22,36-37H,11-12,16-17H2,1-4H3,(H,34,35). The number of benzene rings is 3. The molecule has 0 saturated heterocycles. The molecule has 0 amide bonds. The average Bonchev–Trinajstić information content (AvgIpc) is 3.26. The number of carboxylic acid groups (broad SMARTS) is 1. The van der Waals surface area contributed by atoms with Crippen molar-refractivity contribution >= 4 is 33.5 Å². The quantitative estimate of drug-likeness (QED) is 0.295. The first kappa shape index (κ1) is 26.9. The highest BCUT2D eigenvalue weighted by Gasteiger charge is 2.32. The molecule has 0 aliphatic carbocycles. The number of para-hydroxylation sites is 1. The molecule has 39 heavy (non-hydrogen) atoms. The van der Waals surface area contributed by atoms with Crippen molar-refractivity contribution in [1.29, 1.82) is 0 Å². The monoisotopic (exact) mass is 551 g/mol. The van der Waals surface area contributed by atoms with Crippen molar-refractivity contribution in [2.45, 2.75) is 30.7 Å². The zero-order valence-corrected chi connectivity index (χ0v) is 23.2. The Morgan fingerprint density at radius 2 is 1.85 bits per heavy atom. The van der Waals surface area contributed by atoms with Gasteiger partial charge < -0.3 is 14.7 Å². The third kappa shape index (κ3) is 5.06. The number of fused-ring (bicyclic) bond motifs is 2. The van der Waals surface area contributed by atoms with E-state index >= 15 is 0 Å². The SMILES string of the molecule is COc1cc(C(CC(=O)O)c2ccc(C)c(CN3CCN(C)c4ccccc4S3(O)O)c2)cc2nnn(C)c12. The van der Waals surface area contributed by atoms with Crippen LogP contribution in [-0.2, 0) is 18.4 Å². The summed E-state index contributed by atoms with van der Waals surface area (Å²) in [5.74, 6) is -0.834. The van der Waals surface area contributed by atoms with Crippen LogP contribution < -0.4 is 9.64 Å². The fourth-order valence-electron chi connectivity index (χ4n) is 5.22. The maximum Gasteiger partial charge on any atom is 0.304 e. The third-order valence-electron chi connectivity index (χ3n) is 7.43. The van der Waals surface area contributed by atoms with Crippen molar-refractivity contribution in [2.75, 3.05) is 32.1 Å². The van der Waals surface area contributed by atoms with Gasteiger partial charge in [0.05, 0.1) is 24.1 Å². The molecule has 1 aliphatic rings. The Morgan fingerprint density at radius 1 is 1.08 bits per heavy atom. The Labute approximate surface area is 228 Å². The van der Waals surface area contributed by atoms with E-state index in [2.05, 4.69) is 10.3 Å². The lowest BCUT2D eigenvalue weighted by atomic mass is 9.86. The zero-order valence-electron chi connectivity index (χ0n) is 22.4. The van der Waals surface area contributed by atoms with Gasteiger partial charge in [0.1, 0.15) is 16.8 Å². The first-order chi connectivity index (χ1) is 18.6. The van der Waals surface area contributed by atoms with Crippen LogP contribution in [0.3, 0.4) is 0 Å². The van der Waals surface area contributed by atoms with Crippen LogP contribution in [0.5, 0.6) is 5.75 Å². The molecule has 0 saturated carbocycles. The van der Waals surface area contributed by atoms with Crippen LogP contribution in [0.25, 0.3) is 11.0 Å². The predicted molar refractivity (Wildman–Crippen MR) is 152 cm³/mol. The Kier molecular flexibility index (Phi) is 7.25.